The molecule has 3 rings (SSSR count). The summed E-state index contributed by atoms with van der Waals surface area (Å²) in [5, 5.41) is 5.51. The lowest BCUT2D eigenvalue weighted by molar-refractivity contribution is -0.159. The Morgan fingerprint density at radius 2 is 1.54 bits per heavy atom. The van der Waals surface area contributed by atoms with Crippen LogP contribution in [0.2, 0.25) is 0 Å². The van der Waals surface area contributed by atoms with Crippen molar-refractivity contribution in [3.8, 4) is 11.4 Å². The zero-order valence-corrected chi connectivity index (χ0v) is 13.6. The number of alkyl halides is 6. The lowest BCUT2D eigenvalue weighted by atomic mass is 10.1. The van der Waals surface area contributed by atoms with E-state index in [4.69, 9.17) is 0 Å². The van der Waals surface area contributed by atoms with Crippen molar-refractivity contribution in [3.63, 3.8) is 0 Å². The summed E-state index contributed by atoms with van der Waals surface area (Å²) in [5.74, 6) is -2.82. The lowest BCUT2D eigenvalue weighted by Crippen LogP contribution is -2.18. The second-order valence-corrected chi connectivity index (χ2v) is 5.50. The number of nitrogens with zero attached hydrogens (tertiary/aromatic N) is 2. The molecule has 0 spiro atoms. The van der Waals surface area contributed by atoms with Crippen molar-refractivity contribution >= 4 is 11.6 Å². The van der Waals surface area contributed by atoms with Crippen LogP contribution >= 0.6 is 0 Å². The number of amides is 1. The summed E-state index contributed by atoms with van der Waals surface area (Å²) in [6.45, 7) is 0. The van der Waals surface area contributed by atoms with Crippen molar-refractivity contribution in [1.29, 1.82) is 0 Å². The van der Waals surface area contributed by atoms with Crippen molar-refractivity contribution in [1.82, 2.24) is 10.1 Å². The fourth-order valence-electron chi connectivity index (χ4n) is 2.29. The third-order valence-corrected chi connectivity index (χ3v) is 3.55. The first-order valence-electron chi connectivity index (χ1n) is 7.54. The third kappa shape index (κ3) is 4.13. The number of aromatic nitrogens is 2. The molecule has 0 bridgehead atoms. The average molecular weight is 401 g/mol. The molecule has 0 saturated heterocycles. The Kier molecular flexibility index (Phi) is 4.84. The van der Waals surface area contributed by atoms with Gasteiger partial charge < -0.3 is 9.84 Å². The number of rotatable bonds is 3. The highest BCUT2D eigenvalue weighted by Crippen LogP contribution is 2.32. The maximum atomic E-state index is 13.0. The highest BCUT2D eigenvalue weighted by atomic mass is 19.4. The SMILES string of the molecule is O=C(Nc1ccc(-c2noc(C(F)(F)F)n2)cc1)c1ccccc1C(F)(F)F. The normalized spacial score (nSPS) is 12.1. The molecule has 0 aliphatic carbocycles. The maximum absolute atomic E-state index is 13.0. The van der Waals surface area contributed by atoms with Crippen molar-refractivity contribution < 1.29 is 35.7 Å². The Labute approximate surface area is 153 Å². The Morgan fingerprint density at radius 1 is 0.893 bits per heavy atom. The van der Waals surface area contributed by atoms with Gasteiger partial charge in [-0.05, 0) is 36.4 Å². The van der Waals surface area contributed by atoms with Crippen LogP contribution < -0.4 is 5.32 Å². The van der Waals surface area contributed by atoms with Gasteiger partial charge in [0.25, 0.3) is 5.91 Å². The van der Waals surface area contributed by atoms with Crippen molar-refractivity contribution in [3.05, 3.63) is 65.5 Å². The molecule has 0 unspecified atom stereocenters. The highest BCUT2D eigenvalue weighted by Gasteiger charge is 2.38. The number of halogens is 6. The number of nitrogens with one attached hydrogen (secondary N) is 1. The Hall–Kier alpha value is -3.37. The van der Waals surface area contributed by atoms with Gasteiger partial charge in [-0.1, -0.05) is 17.3 Å². The molecule has 1 amide bonds. The van der Waals surface area contributed by atoms with Gasteiger partial charge in [0.05, 0.1) is 11.1 Å². The molecule has 1 heterocycles. The Bertz CT molecular complexity index is 993. The van der Waals surface area contributed by atoms with Crippen LogP contribution in [0.4, 0.5) is 32.0 Å². The van der Waals surface area contributed by atoms with Gasteiger partial charge in [0.2, 0.25) is 5.82 Å². The van der Waals surface area contributed by atoms with Crippen LogP contribution in [0.15, 0.2) is 53.1 Å². The molecule has 0 saturated carbocycles. The second kappa shape index (κ2) is 6.98. The molecule has 1 aromatic heterocycles. The van der Waals surface area contributed by atoms with E-state index in [1.807, 2.05) is 0 Å². The Morgan fingerprint density at radius 3 is 2.11 bits per heavy atom. The standard InChI is InChI=1S/C17H9F6N3O2/c18-16(19,20)12-4-2-1-3-11(12)14(27)24-10-7-5-9(6-8-10)13-25-15(28-26-13)17(21,22)23/h1-8H,(H,24,27). The molecule has 0 fully saturated rings. The summed E-state index contributed by atoms with van der Waals surface area (Å²) in [6, 6.07) is 9.42. The monoisotopic (exact) mass is 401 g/mol. The van der Waals surface area contributed by atoms with E-state index < -0.39 is 35.3 Å². The zero-order valence-electron chi connectivity index (χ0n) is 13.6. The van der Waals surface area contributed by atoms with Crippen molar-refractivity contribution in [2.75, 3.05) is 5.32 Å². The van der Waals surface area contributed by atoms with Crippen LogP contribution in [0.25, 0.3) is 11.4 Å². The molecule has 5 nitrogen and oxygen atoms in total. The molecule has 3 aromatic rings. The van der Waals surface area contributed by atoms with Crippen LogP contribution in [0, 0.1) is 0 Å². The minimum absolute atomic E-state index is 0.130. The summed E-state index contributed by atoms with van der Waals surface area (Å²) in [6.07, 6.45) is -9.49. The van der Waals surface area contributed by atoms with E-state index >= 15 is 0 Å². The summed E-state index contributed by atoms with van der Waals surface area (Å²) >= 11 is 0. The number of carbonyl (C=O) groups excluding carboxylic acids is 1. The van der Waals surface area contributed by atoms with E-state index in [-0.39, 0.29) is 17.1 Å². The lowest BCUT2D eigenvalue weighted by Gasteiger charge is -2.12. The number of hydrogen-bond acceptors (Lipinski definition) is 4. The molecule has 1 N–H and O–H groups in total. The van der Waals surface area contributed by atoms with Gasteiger partial charge >= 0.3 is 18.2 Å². The van der Waals surface area contributed by atoms with E-state index in [0.29, 0.717) is 0 Å². The fourth-order valence-corrected chi connectivity index (χ4v) is 2.29. The number of carbonyl (C=O) groups is 1. The molecule has 0 radical (unpaired) electrons. The quantitative estimate of drug-likeness (QED) is 0.626. The van der Waals surface area contributed by atoms with Gasteiger partial charge in [-0.3, -0.25) is 4.79 Å². The van der Waals surface area contributed by atoms with Gasteiger partial charge in [0.15, 0.2) is 0 Å². The topological polar surface area (TPSA) is 68.0 Å². The molecular formula is C17H9F6N3O2. The smallest absolute Gasteiger partial charge is 0.329 e. The molecule has 0 aliphatic rings. The minimum atomic E-state index is -4.79. The minimum Gasteiger partial charge on any atom is -0.329 e. The van der Waals surface area contributed by atoms with Crippen molar-refractivity contribution in [2.24, 2.45) is 0 Å². The van der Waals surface area contributed by atoms with Crippen LogP contribution in [0.3, 0.4) is 0 Å². The first-order valence-corrected chi connectivity index (χ1v) is 7.54. The van der Waals surface area contributed by atoms with E-state index in [0.717, 1.165) is 18.2 Å². The average Bonchev–Trinajstić information content (AvgIpc) is 3.12. The predicted octanol–water partition coefficient (Wildman–Crippen LogP) is 5.03. The molecule has 146 valence electrons. The summed E-state index contributed by atoms with van der Waals surface area (Å²) in [5.41, 5.74) is -1.36. The fraction of sp³-hybridized carbons (Fsp3) is 0.118. The maximum Gasteiger partial charge on any atom is 0.471 e. The van der Waals surface area contributed by atoms with Crippen molar-refractivity contribution in [2.45, 2.75) is 12.4 Å². The van der Waals surface area contributed by atoms with Gasteiger partial charge in [-0.2, -0.15) is 31.3 Å². The van der Waals surface area contributed by atoms with Gasteiger partial charge in [-0.15, -0.1) is 0 Å². The van der Waals surface area contributed by atoms with Gasteiger partial charge in [0, 0.05) is 11.3 Å². The second-order valence-electron chi connectivity index (χ2n) is 5.50. The molecule has 11 heteroatoms. The first-order chi connectivity index (χ1) is 13.1. The molecule has 0 atom stereocenters. The van der Waals surface area contributed by atoms with Crippen LogP contribution in [0.5, 0.6) is 0 Å². The highest BCUT2D eigenvalue weighted by molar-refractivity contribution is 6.05. The third-order valence-electron chi connectivity index (χ3n) is 3.55. The molecule has 0 aliphatic heterocycles. The number of benzene rings is 2. The van der Waals surface area contributed by atoms with E-state index in [2.05, 4.69) is 20.0 Å². The van der Waals surface area contributed by atoms with E-state index in [9.17, 15) is 31.1 Å². The molecular weight excluding hydrogens is 392 g/mol. The molecule has 28 heavy (non-hydrogen) atoms. The van der Waals surface area contributed by atoms with Crippen LogP contribution in [0.1, 0.15) is 21.8 Å². The summed E-state index contributed by atoms with van der Waals surface area (Å²) in [4.78, 5) is 15.4. The summed E-state index contributed by atoms with van der Waals surface area (Å²) < 4.78 is 80.5. The summed E-state index contributed by atoms with van der Waals surface area (Å²) in [7, 11) is 0. The van der Waals surface area contributed by atoms with Crippen LogP contribution in [-0.2, 0) is 12.4 Å². The van der Waals surface area contributed by atoms with Gasteiger partial charge in [-0.25, -0.2) is 0 Å². The predicted molar refractivity (Wildman–Crippen MR) is 84.1 cm³/mol. The molecule has 2 aromatic carbocycles. The number of hydrogen-bond donors (Lipinski definition) is 1. The first kappa shape index (κ1) is 19.4. The van der Waals surface area contributed by atoms with E-state index in [1.54, 1.807) is 0 Å². The number of anilines is 1. The van der Waals surface area contributed by atoms with E-state index in [1.165, 1.54) is 30.3 Å². The van der Waals surface area contributed by atoms with Crippen LogP contribution in [-0.4, -0.2) is 16.0 Å². The Balaban J connectivity index is 1.78. The largest absolute Gasteiger partial charge is 0.471 e. The zero-order chi connectivity index (χ0) is 20.5. The van der Waals surface area contributed by atoms with Gasteiger partial charge in [0.1, 0.15) is 0 Å².